The topological polar surface area (TPSA) is 61.4 Å². The predicted octanol–water partition coefficient (Wildman–Crippen LogP) is 0.362. The van der Waals surface area contributed by atoms with Crippen molar-refractivity contribution in [1.29, 1.82) is 0 Å². The number of rotatable bonds is 3. The van der Waals surface area contributed by atoms with Gasteiger partial charge >= 0.3 is 0 Å². The van der Waals surface area contributed by atoms with Gasteiger partial charge < -0.3 is 15.5 Å². The summed E-state index contributed by atoms with van der Waals surface area (Å²) in [6, 6.07) is 3.50. The first-order valence-electron chi connectivity index (χ1n) is 5.11. The number of anilines is 1. The fourth-order valence-corrected chi connectivity index (χ4v) is 2.44. The third-order valence-corrected chi connectivity index (χ3v) is 3.43. The lowest BCUT2D eigenvalue weighted by molar-refractivity contribution is -0.105. The Labute approximate surface area is 97.4 Å². The maximum Gasteiger partial charge on any atom is 0.264 e. The highest BCUT2D eigenvalue weighted by atomic mass is 32.1. The molecule has 2 rings (SSSR count). The Kier molecular flexibility index (Phi) is 3.53. The van der Waals surface area contributed by atoms with Crippen molar-refractivity contribution >= 4 is 28.7 Å². The third-order valence-electron chi connectivity index (χ3n) is 2.42. The third kappa shape index (κ3) is 2.40. The van der Waals surface area contributed by atoms with Crippen LogP contribution in [0.2, 0.25) is 0 Å². The zero-order chi connectivity index (χ0) is 11.4. The highest BCUT2D eigenvalue weighted by Gasteiger charge is 2.19. The molecule has 0 spiro atoms. The van der Waals surface area contributed by atoms with Gasteiger partial charge in [0.1, 0.15) is 0 Å². The number of hydrogen-bond acceptors (Lipinski definition) is 4. The second kappa shape index (κ2) is 5.09. The monoisotopic (exact) mass is 239 g/mol. The van der Waals surface area contributed by atoms with Crippen LogP contribution in [0.25, 0.3) is 0 Å². The van der Waals surface area contributed by atoms with Crippen LogP contribution >= 0.6 is 11.3 Å². The second-order valence-electron chi connectivity index (χ2n) is 3.47. The van der Waals surface area contributed by atoms with E-state index >= 15 is 0 Å². The van der Waals surface area contributed by atoms with Crippen molar-refractivity contribution in [3.63, 3.8) is 0 Å². The zero-order valence-corrected chi connectivity index (χ0v) is 9.55. The minimum Gasteiger partial charge on any atom is -0.335 e. The summed E-state index contributed by atoms with van der Waals surface area (Å²) in [6.45, 7) is 3.17. The summed E-state index contributed by atoms with van der Waals surface area (Å²) < 4.78 is 0. The lowest BCUT2D eigenvalue weighted by Gasteiger charge is -2.26. The van der Waals surface area contributed by atoms with Gasteiger partial charge in [-0.25, -0.2) is 0 Å². The first-order valence-corrected chi connectivity index (χ1v) is 5.93. The Hall–Kier alpha value is -1.40. The van der Waals surface area contributed by atoms with Crippen molar-refractivity contribution in [2.45, 2.75) is 0 Å². The molecule has 5 nitrogen and oxygen atoms in total. The van der Waals surface area contributed by atoms with Crippen LogP contribution in [0, 0.1) is 0 Å². The maximum atomic E-state index is 12.0. The molecule has 0 unspecified atom stereocenters. The average molecular weight is 239 g/mol. The summed E-state index contributed by atoms with van der Waals surface area (Å²) in [5.41, 5.74) is 0. The van der Waals surface area contributed by atoms with Crippen molar-refractivity contribution in [2.75, 3.05) is 31.5 Å². The lowest BCUT2D eigenvalue weighted by Crippen LogP contribution is -2.46. The van der Waals surface area contributed by atoms with Crippen LogP contribution in [0.5, 0.6) is 0 Å². The molecule has 0 aliphatic carbocycles. The summed E-state index contributed by atoms with van der Waals surface area (Å²) in [5, 5.41) is 6.44. The summed E-state index contributed by atoms with van der Waals surface area (Å²) in [6.07, 6.45) is 0.616. The van der Waals surface area contributed by atoms with Gasteiger partial charge in [0.15, 0.2) is 0 Å². The predicted molar refractivity (Wildman–Crippen MR) is 62.8 cm³/mol. The van der Waals surface area contributed by atoms with Gasteiger partial charge in [-0.15, -0.1) is 11.3 Å². The average Bonchev–Trinajstić information content (AvgIpc) is 2.78. The highest BCUT2D eigenvalue weighted by Crippen LogP contribution is 2.22. The summed E-state index contributed by atoms with van der Waals surface area (Å²) in [7, 11) is 0. The molecular formula is C10H13N3O2S. The molecule has 1 saturated heterocycles. The molecule has 1 aromatic heterocycles. The Morgan fingerprint density at radius 2 is 2.19 bits per heavy atom. The van der Waals surface area contributed by atoms with E-state index in [1.165, 1.54) is 11.3 Å². The van der Waals surface area contributed by atoms with E-state index in [2.05, 4.69) is 10.6 Å². The van der Waals surface area contributed by atoms with Gasteiger partial charge in [-0.3, -0.25) is 9.59 Å². The minimum atomic E-state index is 0.0467. The molecule has 16 heavy (non-hydrogen) atoms. The number of hydrogen-bond donors (Lipinski definition) is 2. The Morgan fingerprint density at radius 3 is 2.88 bits per heavy atom. The standard InChI is InChI=1S/C10H13N3O2S/c14-7-12-9-2-1-8(16-9)10(15)13-5-3-11-4-6-13/h1-2,7,11H,3-6H2,(H,12,14). The number of nitrogens with zero attached hydrogens (tertiary/aromatic N) is 1. The highest BCUT2D eigenvalue weighted by molar-refractivity contribution is 7.18. The first-order chi connectivity index (χ1) is 7.81. The molecule has 2 N–H and O–H groups in total. The van der Waals surface area contributed by atoms with Crippen LogP contribution < -0.4 is 10.6 Å². The van der Waals surface area contributed by atoms with E-state index in [0.717, 1.165) is 26.2 Å². The van der Waals surface area contributed by atoms with E-state index < -0.39 is 0 Å². The van der Waals surface area contributed by atoms with Crippen LogP contribution in [0.15, 0.2) is 12.1 Å². The summed E-state index contributed by atoms with van der Waals surface area (Å²) in [5.74, 6) is 0.0467. The van der Waals surface area contributed by atoms with Gasteiger partial charge in [0.2, 0.25) is 6.41 Å². The van der Waals surface area contributed by atoms with E-state index in [1.54, 1.807) is 12.1 Å². The SMILES string of the molecule is O=CNc1ccc(C(=O)N2CCNCC2)s1. The molecule has 1 fully saturated rings. The number of carbonyl (C=O) groups is 2. The molecule has 0 saturated carbocycles. The molecule has 0 radical (unpaired) electrons. The van der Waals surface area contributed by atoms with E-state index in [-0.39, 0.29) is 5.91 Å². The van der Waals surface area contributed by atoms with Crippen molar-refractivity contribution in [1.82, 2.24) is 10.2 Å². The largest absolute Gasteiger partial charge is 0.335 e. The summed E-state index contributed by atoms with van der Waals surface area (Å²) in [4.78, 5) is 24.8. The van der Waals surface area contributed by atoms with Crippen LogP contribution in [0.3, 0.4) is 0 Å². The fourth-order valence-electron chi connectivity index (χ4n) is 1.61. The van der Waals surface area contributed by atoms with Gasteiger partial charge in [0, 0.05) is 26.2 Å². The molecule has 1 aliphatic heterocycles. The smallest absolute Gasteiger partial charge is 0.264 e. The second-order valence-corrected chi connectivity index (χ2v) is 4.55. The van der Waals surface area contributed by atoms with Crippen LogP contribution in [-0.4, -0.2) is 43.4 Å². The van der Waals surface area contributed by atoms with Crippen molar-refractivity contribution in [3.8, 4) is 0 Å². The Morgan fingerprint density at radius 1 is 1.44 bits per heavy atom. The normalized spacial score (nSPS) is 15.9. The summed E-state index contributed by atoms with van der Waals surface area (Å²) >= 11 is 1.31. The maximum absolute atomic E-state index is 12.0. The van der Waals surface area contributed by atoms with Gasteiger partial charge in [-0.1, -0.05) is 0 Å². The Bertz CT molecular complexity index is 385. The molecule has 0 atom stereocenters. The number of nitrogens with one attached hydrogen (secondary N) is 2. The van der Waals surface area contributed by atoms with Crippen LogP contribution in [0.1, 0.15) is 9.67 Å². The number of carbonyl (C=O) groups excluding carboxylic acids is 2. The minimum absolute atomic E-state index is 0.0467. The van der Waals surface area contributed by atoms with Crippen LogP contribution in [-0.2, 0) is 4.79 Å². The first kappa shape index (κ1) is 11.1. The molecule has 0 bridgehead atoms. The van der Waals surface area contributed by atoms with E-state index in [4.69, 9.17) is 0 Å². The van der Waals surface area contributed by atoms with E-state index in [1.807, 2.05) is 4.90 Å². The van der Waals surface area contributed by atoms with Gasteiger partial charge in [0.25, 0.3) is 5.91 Å². The number of piperazine rings is 1. The molecular weight excluding hydrogens is 226 g/mol. The van der Waals surface area contributed by atoms with E-state index in [0.29, 0.717) is 16.3 Å². The van der Waals surface area contributed by atoms with Gasteiger partial charge in [-0.2, -0.15) is 0 Å². The zero-order valence-electron chi connectivity index (χ0n) is 8.73. The van der Waals surface area contributed by atoms with Crippen molar-refractivity contribution in [3.05, 3.63) is 17.0 Å². The Balaban J connectivity index is 2.04. The fraction of sp³-hybridized carbons (Fsp3) is 0.400. The van der Waals surface area contributed by atoms with Crippen molar-refractivity contribution in [2.24, 2.45) is 0 Å². The number of amides is 2. The van der Waals surface area contributed by atoms with Crippen LogP contribution in [0.4, 0.5) is 5.00 Å². The lowest BCUT2D eigenvalue weighted by atomic mass is 10.3. The quantitative estimate of drug-likeness (QED) is 0.749. The molecule has 0 aromatic carbocycles. The molecule has 2 amide bonds. The molecule has 86 valence electrons. The van der Waals surface area contributed by atoms with E-state index in [9.17, 15) is 9.59 Å². The van der Waals surface area contributed by atoms with Gasteiger partial charge in [0.05, 0.1) is 9.88 Å². The van der Waals surface area contributed by atoms with Crippen molar-refractivity contribution < 1.29 is 9.59 Å². The molecule has 1 aliphatic rings. The number of thiophene rings is 1. The van der Waals surface area contributed by atoms with Gasteiger partial charge in [-0.05, 0) is 12.1 Å². The molecule has 1 aromatic rings. The molecule has 6 heteroatoms. The molecule has 2 heterocycles.